The molecule has 0 aliphatic carbocycles. The fraction of sp³-hybridized carbons (Fsp3) is 0.238. The minimum Gasteiger partial charge on any atom is -0.351 e. The summed E-state index contributed by atoms with van der Waals surface area (Å²) in [5, 5.41) is 1.07. The molecule has 1 unspecified atom stereocenters. The molecule has 0 radical (unpaired) electrons. The predicted octanol–water partition coefficient (Wildman–Crippen LogP) is 4.33. The van der Waals surface area contributed by atoms with Gasteiger partial charge in [-0.05, 0) is 49.6 Å². The van der Waals surface area contributed by atoms with Crippen LogP contribution in [0.15, 0.2) is 48.5 Å². The lowest BCUT2D eigenvalue weighted by Gasteiger charge is -2.22. The van der Waals surface area contributed by atoms with E-state index in [1.54, 1.807) is 0 Å². The molecule has 1 atom stereocenters. The van der Waals surface area contributed by atoms with E-state index in [9.17, 15) is 4.79 Å². The number of hydrogen-bond acceptors (Lipinski definition) is 2. The Balaban J connectivity index is 1.49. The number of nitrogens with one attached hydrogen (secondary N) is 2. The maximum Gasteiger partial charge on any atom is 0.270 e. The van der Waals surface area contributed by atoms with Crippen LogP contribution in [-0.2, 0) is 0 Å². The van der Waals surface area contributed by atoms with Crippen molar-refractivity contribution < 1.29 is 4.79 Å². The number of nitrogens with zero attached hydrogens (tertiary/aromatic N) is 2. The zero-order chi connectivity index (χ0) is 17.7. The smallest absolute Gasteiger partial charge is 0.270 e. The minimum atomic E-state index is 0.00282. The average molecular weight is 344 g/mol. The SMILES string of the molecule is Cc1ccc2cc(C(=O)N3CCCC3c3nc4ccccc4[nH]3)[nH]c2c1. The van der Waals surface area contributed by atoms with Crippen molar-refractivity contribution >= 4 is 27.8 Å². The highest BCUT2D eigenvalue weighted by Gasteiger charge is 2.33. The van der Waals surface area contributed by atoms with E-state index in [0.29, 0.717) is 5.69 Å². The first kappa shape index (κ1) is 15.2. The summed E-state index contributed by atoms with van der Waals surface area (Å²) >= 11 is 0. The topological polar surface area (TPSA) is 64.8 Å². The van der Waals surface area contributed by atoms with E-state index >= 15 is 0 Å². The number of imidazole rings is 1. The number of H-pyrrole nitrogens is 2. The summed E-state index contributed by atoms with van der Waals surface area (Å²) in [5.74, 6) is 0.922. The number of aromatic amines is 2. The maximum absolute atomic E-state index is 13.2. The molecule has 5 rings (SSSR count). The van der Waals surface area contributed by atoms with Gasteiger partial charge in [0, 0.05) is 17.4 Å². The second-order valence-electron chi connectivity index (χ2n) is 7.07. The third-order valence-electron chi connectivity index (χ3n) is 5.25. The number of aryl methyl sites for hydroxylation is 1. The molecule has 2 aromatic carbocycles. The summed E-state index contributed by atoms with van der Waals surface area (Å²) in [6.07, 6.45) is 1.93. The Kier molecular flexibility index (Phi) is 3.35. The summed E-state index contributed by atoms with van der Waals surface area (Å²) in [7, 11) is 0. The predicted molar refractivity (Wildman–Crippen MR) is 102 cm³/mol. The van der Waals surface area contributed by atoms with Crippen molar-refractivity contribution in [2.24, 2.45) is 0 Å². The van der Waals surface area contributed by atoms with Gasteiger partial charge in [0.2, 0.25) is 0 Å². The van der Waals surface area contributed by atoms with Crippen molar-refractivity contribution in [1.29, 1.82) is 0 Å². The van der Waals surface area contributed by atoms with Gasteiger partial charge in [0.1, 0.15) is 11.5 Å². The number of aromatic nitrogens is 3. The highest BCUT2D eigenvalue weighted by molar-refractivity contribution is 5.98. The Hall–Kier alpha value is -3.08. The van der Waals surface area contributed by atoms with Gasteiger partial charge >= 0.3 is 0 Å². The molecule has 130 valence electrons. The zero-order valence-electron chi connectivity index (χ0n) is 14.6. The molecular formula is C21H20N4O. The molecule has 26 heavy (non-hydrogen) atoms. The van der Waals surface area contributed by atoms with Crippen molar-refractivity contribution in [2.45, 2.75) is 25.8 Å². The minimum absolute atomic E-state index is 0.00282. The molecule has 0 saturated carbocycles. The Morgan fingerprint density at radius 1 is 1.12 bits per heavy atom. The summed E-state index contributed by atoms with van der Waals surface area (Å²) < 4.78 is 0. The highest BCUT2D eigenvalue weighted by atomic mass is 16.2. The number of carbonyl (C=O) groups excluding carboxylic acids is 1. The van der Waals surface area contributed by atoms with Gasteiger partial charge < -0.3 is 14.9 Å². The van der Waals surface area contributed by atoms with Gasteiger partial charge in [-0.3, -0.25) is 4.79 Å². The van der Waals surface area contributed by atoms with Crippen molar-refractivity contribution in [3.05, 3.63) is 65.6 Å². The first-order valence-corrected chi connectivity index (χ1v) is 9.04. The first-order valence-electron chi connectivity index (χ1n) is 9.04. The van der Waals surface area contributed by atoms with Gasteiger partial charge in [0.05, 0.1) is 17.1 Å². The Labute approximate surface area is 151 Å². The Bertz CT molecular complexity index is 1090. The summed E-state index contributed by atoms with van der Waals surface area (Å²) in [4.78, 5) is 26.5. The van der Waals surface area contributed by atoms with E-state index in [1.807, 2.05) is 35.2 Å². The van der Waals surface area contributed by atoms with Crippen molar-refractivity contribution in [2.75, 3.05) is 6.54 Å². The van der Waals surface area contributed by atoms with E-state index in [0.717, 1.165) is 47.1 Å². The normalized spacial score (nSPS) is 17.4. The van der Waals surface area contributed by atoms with E-state index in [1.165, 1.54) is 5.56 Å². The van der Waals surface area contributed by atoms with E-state index in [4.69, 9.17) is 4.98 Å². The van der Waals surface area contributed by atoms with Crippen LogP contribution in [0.3, 0.4) is 0 Å². The highest BCUT2D eigenvalue weighted by Crippen LogP contribution is 2.33. The summed E-state index contributed by atoms with van der Waals surface area (Å²) in [6.45, 7) is 2.81. The molecule has 1 aliphatic heterocycles. The quantitative estimate of drug-likeness (QED) is 0.568. The molecule has 0 bridgehead atoms. The second-order valence-corrected chi connectivity index (χ2v) is 7.07. The third-order valence-corrected chi connectivity index (χ3v) is 5.25. The number of para-hydroxylation sites is 2. The largest absolute Gasteiger partial charge is 0.351 e. The molecule has 2 N–H and O–H groups in total. The number of amides is 1. The molecular weight excluding hydrogens is 324 g/mol. The van der Waals surface area contributed by atoms with Crippen molar-refractivity contribution in [3.63, 3.8) is 0 Å². The third kappa shape index (κ3) is 2.39. The molecule has 4 aromatic rings. The van der Waals surface area contributed by atoms with Crippen LogP contribution in [0.4, 0.5) is 0 Å². The van der Waals surface area contributed by atoms with Crippen LogP contribution < -0.4 is 0 Å². The van der Waals surface area contributed by atoms with Gasteiger partial charge in [0.25, 0.3) is 5.91 Å². The molecule has 1 amide bonds. The van der Waals surface area contributed by atoms with E-state index in [-0.39, 0.29) is 11.9 Å². The fourth-order valence-corrected chi connectivity index (χ4v) is 3.94. The Morgan fingerprint density at radius 3 is 2.88 bits per heavy atom. The monoisotopic (exact) mass is 344 g/mol. The van der Waals surface area contributed by atoms with Crippen molar-refractivity contribution in [1.82, 2.24) is 19.9 Å². The molecule has 5 heteroatoms. The molecule has 1 aliphatic rings. The van der Waals surface area contributed by atoms with Gasteiger partial charge in [0.15, 0.2) is 0 Å². The Morgan fingerprint density at radius 2 is 2.00 bits per heavy atom. The first-order chi connectivity index (χ1) is 12.7. The van der Waals surface area contributed by atoms with Crippen LogP contribution in [0.5, 0.6) is 0 Å². The van der Waals surface area contributed by atoms with Crippen molar-refractivity contribution in [3.8, 4) is 0 Å². The van der Waals surface area contributed by atoms with Crippen LogP contribution in [0, 0.1) is 6.92 Å². The summed E-state index contributed by atoms with van der Waals surface area (Å²) in [5.41, 5.74) is 4.80. The molecule has 2 aromatic heterocycles. The molecule has 5 nitrogen and oxygen atoms in total. The summed E-state index contributed by atoms with van der Waals surface area (Å²) in [6, 6.07) is 16.1. The van der Waals surface area contributed by atoms with Gasteiger partial charge in [-0.25, -0.2) is 4.98 Å². The van der Waals surface area contributed by atoms with Crippen LogP contribution in [-0.4, -0.2) is 32.3 Å². The number of benzene rings is 2. The number of carbonyl (C=O) groups is 1. The molecule has 0 spiro atoms. The molecule has 3 heterocycles. The fourth-order valence-electron chi connectivity index (χ4n) is 3.94. The van der Waals surface area contributed by atoms with E-state index < -0.39 is 0 Å². The average Bonchev–Trinajstić information content (AvgIpc) is 3.36. The number of fused-ring (bicyclic) bond motifs is 2. The number of likely N-dealkylation sites (tertiary alicyclic amines) is 1. The lowest BCUT2D eigenvalue weighted by molar-refractivity contribution is 0.0725. The van der Waals surface area contributed by atoms with Gasteiger partial charge in [-0.15, -0.1) is 0 Å². The molecule has 1 fully saturated rings. The lowest BCUT2D eigenvalue weighted by atomic mass is 10.2. The number of rotatable bonds is 2. The standard InChI is InChI=1S/C21H20N4O/c1-13-8-9-14-12-18(22-17(14)11-13)21(26)25-10-4-7-19(25)20-23-15-5-2-3-6-16(15)24-20/h2-3,5-6,8-9,11-12,19,22H,4,7,10H2,1H3,(H,23,24). The second kappa shape index (κ2) is 5.73. The van der Waals surface area contributed by atoms with E-state index in [2.05, 4.69) is 35.1 Å². The van der Waals surface area contributed by atoms with Crippen LogP contribution in [0.25, 0.3) is 21.9 Å². The zero-order valence-corrected chi connectivity index (χ0v) is 14.6. The van der Waals surface area contributed by atoms with Crippen LogP contribution >= 0.6 is 0 Å². The molecule has 1 saturated heterocycles. The van der Waals surface area contributed by atoms with Gasteiger partial charge in [-0.2, -0.15) is 0 Å². The lowest BCUT2D eigenvalue weighted by Crippen LogP contribution is -2.31. The van der Waals surface area contributed by atoms with Crippen LogP contribution in [0.1, 0.15) is 40.8 Å². The number of hydrogen-bond donors (Lipinski definition) is 2. The maximum atomic E-state index is 13.2. The van der Waals surface area contributed by atoms with Crippen LogP contribution in [0.2, 0.25) is 0 Å². The van der Waals surface area contributed by atoms with Gasteiger partial charge in [-0.1, -0.05) is 24.3 Å².